The molecule has 0 bridgehead atoms. The summed E-state index contributed by atoms with van der Waals surface area (Å²) in [6.45, 7) is 8.30. The van der Waals surface area contributed by atoms with Gasteiger partial charge in [-0.25, -0.2) is 4.79 Å². The third-order valence-corrected chi connectivity index (χ3v) is 3.02. The fourth-order valence-electron chi connectivity index (χ4n) is 2.06. The van der Waals surface area contributed by atoms with Crippen molar-refractivity contribution in [3.63, 3.8) is 0 Å². The summed E-state index contributed by atoms with van der Waals surface area (Å²) in [4.78, 5) is 15.8. The van der Waals surface area contributed by atoms with E-state index in [1.54, 1.807) is 0 Å². The smallest absolute Gasteiger partial charge is 0.407 e. The first kappa shape index (κ1) is 16.1. The standard InChI is InChI=1S/C16H23N3O3/c1-10(7-19-15(20)22-16(2,3)4)21-14-6-12-9-18-8-11(12)5-13(14)17/h5-6,8,10H,7,9,17H2,1-4H3,(H,19,20)/t10-/m0/s1. The van der Waals surface area contributed by atoms with E-state index >= 15 is 0 Å². The number of nitrogen functional groups attached to an aromatic ring is 1. The molecule has 2 rings (SSSR count). The van der Waals surface area contributed by atoms with Gasteiger partial charge in [-0.3, -0.25) is 4.99 Å². The lowest BCUT2D eigenvalue weighted by molar-refractivity contribution is 0.0505. The summed E-state index contributed by atoms with van der Waals surface area (Å²) in [6.07, 6.45) is 1.12. The van der Waals surface area contributed by atoms with E-state index in [0.29, 0.717) is 24.5 Å². The topological polar surface area (TPSA) is 85.9 Å². The van der Waals surface area contributed by atoms with Crippen molar-refractivity contribution in [2.45, 2.75) is 45.9 Å². The Morgan fingerprint density at radius 3 is 2.86 bits per heavy atom. The van der Waals surface area contributed by atoms with Gasteiger partial charge in [-0.15, -0.1) is 0 Å². The molecule has 1 aliphatic rings. The number of nitrogens with two attached hydrogens (primary N) is 1. The van der Waals surface area contributed by atoms with Crippen molar-refractivity contribution in [1.29, 1.82) is 0 Å². The van der Waals surface area contributed by atoms with E-state index in [0.717, 1.165) is 11.1 Å². The normalized spacial score (nSPS) is 14.4. The van der Waals surface area contributed by atoms with Crippen LogP contribution in [0.5, 0.6) is 5.75 Å². The van der Waals surface area contributed by atoms with Gasteiger partial charge < -0.3 is 20.5 Å². The number of aliphatic imine (C=N–C) groups is 1. The summed E-state index contributed by atoms with van der Waals surface area (Å²) in [5.74, 6) is 0.614. The first-order chi connectivity index (χ1) is 10.2. The van der Waals surface area contributed by atoms with E-state index in [-0.39, 0.29) is 6.10 Å². The van der Waals surface area contributed by atoms with Crippen molar-refractivity contribution in [2.75, 3.05) is 12.3 Å². The molecule has 6 nitrogen and oxygen atoms in total. The third kappa shape index (κ3) is 4.38. The number of hydrogen-bond donors (Lipinski definition) is 2. The molecule has 0 aromatic heterocycles. The zero-order valence-electron chi connectivity index (χ0n) is 13.5. The minimum absolute atomic E-state index is 0.227. The van der Waals surface area contributed by atoms with Gasteiger partial charge in [-0.1, -0.05) is 0 Å². The number of amides is 1. The molecule has 120 valence electrons. The Morgan fingerprint density at radius 1 is 1.45 bits per heavy atom. The molecule has 0 saturated carbocycles. The Kier molecular flexibility index (Phi) is 4.59. The van der Waals surface area contributed by atoms with Gasteiger partial charge >= 0.3 is 6.09 Å². The van der Waals surface area contributed by atoms with Crippen LogP contribution in [0.15, 0.2) is 17.1 Å². The predicted molar refractivity (Wildman–Crippen MR) is 86.5 cm³/mol. The fourth-order valence-corrected chi connectivity index (χ4v) is 2.06. The number of anilines is 1. The molecule has 1 aromatic carbocycles. The van der Waals surface area contributed by atoms with Gasteiger partial charge in [0.1, 0.15) is 17.5 Å². The summed E-state index contributed by atoms with van der Waals surface area (Å²) in [5, 5.41) is 2.68. The van der Waals surface area contributed by atoms with Crippen LogP contribution in [0.25, 0.3) is 0 Å². The molecule has 0 spiro atoms. The molecule has 0 radical (unpaired) electrons. The number of nitrogens with zero attached hydrogens (tertiary/aromatic N) is 1. The molecule has 6 heteroatoms. The van der Waals surface area contributed by atoms with Crippen LogP contribution in [0.3, 0.4) is 0 Å². The maximum absolute atomic E-state index is 11.6. The number of carbonyl (C=O) groups excluding carboxylic acids is 1. The number of rotatable bonds is 4. The number of ether oxygens (including phenoxy) is 2. The van der Waals surface area contributed by atoms with Gasteiger partial charge in [0.15, 0.2) is 0 Å². The molecular formula is C16H23N3O3. The average molecular weight is 305 g/mol. The summed E-state index contributed by atoms with van der Waals surface area (Å²) < 4.78 is 11.0. The second-order valence-electron chi connectivity index (χ2n) is 6.37. The zero-order valence-corrected chi connectivity index (χ0v) is 13.5. The van der Waals surface area contributed by atoms with E-state index in [1.165, 1.54) is 0 Å². The van der Waals surface area contributed by atoms with Crippen molar-refractivity contribution in [3.8, 4) is 5.75 Å². The van der Waals surface area contributed by atoms with E-state index in [4.69, 9.17) is 15.2 Å². The van der Waals surface area contributed by atoms with Crippen molar-refractivity contribution in [2.24, 2.45) is 4.99 Å². The van der Waals surface area contributed by atoms with Gasteiger partial charge in [-0.2, -0.15) is 0 Å². The molecule has 1 heterocycles. The van der Waals surface area contributed by atoms with Gasteiger partial charge in [0.05, 0.1) is 18.8 Å². The highest BCUT2D eigenvalue weighted by atomic mass is 16.6. The third-order valence-electron chi connectivity index (χ3n) is 3.02. The van der Waals surface area contributed by atoms with Crippen molar-refractivity contribution >= 4 is 18.0 Å². The minimum Gasteiger partial charge on any atom is -0.487 e. The molecule has 1 aromatic rings. The Hall–Kier alpha value is -2.24. The van der Waals surface area contributed by atoms with Gasteiger partial charge in [0.25, 0.3) is 0 Å². The van der Waals surface area contributed by atoms with Crippen LogP contribution in [0.2, 0.25) is 0 Å². The number of fused-ring (bicyclic) bond motifs is 1. The quantitative estimate of drug-likeness (QED) is 0.837. The number of carbonyl (C=O) groups is 1. The molecule has 1 atom stereocenters. The molecule has 0 unspecified atom stereocenters. The van der Waals surface area contributed by atoms with Crippen LogP contribution in [0.1, 0.15) is 38.8 Å². The van der Waals surface area contributed by atoms with Crippen LogP contribution in [0.4, 0.5) is 10.5 Å². The Bertz CT molecular complexity index is 591. The number of alkyl carbamates (subject to hydrolysis) is 1. The maximum atomic E-state index is 11.6. The second kappa shape index (κ2) is 6.25. The predicted octanol–water partition coefficient (Wildman–Crippen LogP) is 2.49. The lowest BCUT2D eigenvalue weighted by Crippen LogP contribution is -2.37. The summed E-state index contributed by atoms with van der Waals surface area (Å²) in [7, 11) is 0. The van der Waals surface area contributed by atoms with E-state index < -0.39 is 11.7 Å². The average Bonchev–Trinajstić information content (AvgIpc) is 2.82. The molecule has 1 amide bonds. The van der Waals surface area contributed by atoms with Crippen molar-refractivity contribution < 1.29 is 14.3 Å². The molecule has 0 saturated heterocycles. The van der Waals surface area contributed by atoms with Crippen LogP contribution < -0.4 is 15.8 Å². The Labute approximate surface area is 130 Å². The summed E-state index contributed by atoms with van der Waals surface area (Å²) in [6, 6.07) is 3.76. The number of hydrogen-bond acceptors (Lipinski definition) is 5. The molecule has 3 N–H and O–H groups in total. The van der Waals surface area contributed by atoms with Crippen molar-refractivity contribution in [1.82, 2.24) is 5.32 Å². The van der Waals surface area contributed by atoms with Crippen molar-refractivity contribution in [3.05, 3.63) is 23.3 Å². The van der Waals surface area contributed by atoms with E-state index in [1.807, 2.05) is 46.0 Å². The molecular weight excluding hydrogens is 282 g/mol. The van der Waals surface area contributed by atoms with E-state index in [9.17, 15) is 4.79 Å². The highest BCUT2D eigenvalue weighted by molar-refractivity contribution is 5.87. The molecule has 0 aliphatic carbocycles. The second-order valence-corrected chi connectivity index (χ2v) is 6.37. The highest BCUT2D eigenvalue weighted by Crippen LogP contribution is 2.28. The highest BCUT2D eigenvalue weighted by Gasteiger charge is 2.17. The number of benzene rings is 1. The number of nitrogens with one attached hydrogen (secondary N) is 1. The zero-order chi connectivity index (χ0) is 16.3. The van der Waals surface area contributed by atoms with Gasteiger partial charge in [0.2, 0.25) is 0 Å². The van der Waals surface area contributed by atoms with Crippen LogP contribution in [-0.4, -0.2) is 30.6 Å². The summed E-state index contributed by atoms with van der Waals surface area (Å²) >= 11 is 0. The van der Waals surface area contributed by atoms with E-state index in [2.05, 4.69) is 10.3 Å². The summed E-state index contributed by atoms with van der Waals surface area (Å²) in [5.41, 5.74) is 8.16. The molecule has 22 heavy (non-hydrogen) atoms. The monoisotopic (exact) mass is 305 g/mol. The SMILES string of the molecule is C[C@@H](CNC(=O)OC(C)(C)C)Oc1cc2c(cc1N)C=NC2. The molecule has 1 aliphatic heterocycles. The van der Waals surface area contributed by atoms with Gasteiger partial charge in [-0.05, 0) is 51.0 Å². The largest absolute Gasteiger partial charge is 0.487 e. The van der Waals surface area contributed by atoms with Gasteiger partial charge in [0, 0.05) is 6.21 Å². The van der Waals surface area contributed by atoms with Crippen LogP contribution in [0, 0.1) is 0 Å². The maximum Gasteiger partial charge on any atom is 0.407 e. The first-order valence-electron chi connectivity index (χ1n) is 7.30. The Balaban J connectivity index is 1.88. The van der Waals surface area contributed by atoms with Crippen LogP contribution >= 0.6 is 0 Å². The Morgan fingerprint density at radius 2 is 2.18 bits per heavy atom. The lowest BCUT2D eigenvalue weighted by atomic mass is 10.1. The first-order valence-corrected chi connectivity index (χ1v) is 7.30. The lowest BCUT2D eigenvalue weighted by Gasteiger charge is -2.21. The fraction of sp³-hybridized carbons (Fsp3) is 0.500. The van der Waals surface area contributed by atoms with Crippen LogP contribution in [-0.2, 0) is 11.3 Å². The minimum atomic E-state index is -0.515. The molecule has 0 fully saturated rings.